The highest BCUT2D eigenvalue weighted by atomic mass is 16.5. The molecule has 104 valence electrons. The molecule has 0 unspecified atom stereocenters. The van der Waals surface area contributed by atoms with Crippen LogP contribution in [-0.4, -0.2) is 30.1 Å². The first-order valence-corrected chi connectivity index (χ1v) is 6.78. The van der Waals surface area contributed by atoms with Gasteiger partial charge >= 0.3 is 0 Å². The van der Waals surface area contributed by atoms with Gasteiger partial charge in [-0.3, -0.25) is 4.79 Å². The molecular formula is C15H17N3O2. The lowest BCUT2D eigenvalue weighted by molar-refractivity contribution is 0.0694. The number of anilines is 1. The number of nitrogens with zero attached hydrogens (tertiary/aromatic N) is 1. The summed E-state index contributed by atoms with van der Waals surface area (Å²) in [7, 11) is 0. The van der Waals surface area contributed by atoms with Gasteiger partial charge in [0.25, 0.3) is 5.91 Å². The summed E-state index contributed by atoms with van der Waals surface area (Å²) in [4.78, 5) is 16.6. The van der Waals surface area contributed by atoms with Gasteiger partial charge in [0, 0.05) is 30.3 Å². The van der Waals surface area contributed by atoms with Crippen LogP contribution in [0, 0.1) is 0 Å². The van der Waals surface area contributed by atoms with Gasteiger partial charge in [0.15, 0.2) is 0 Å². The Labute approximate surface area is 117 Å². The number of ether oxygens (including phenoxy) is 1. The number of nitrogens with one attached hydrogen (secondary N) is 1. The molecule has 1 aliphatic rings. The molecular weight excluding hydrogens is 254 g/mol. The van der Waals surface area contributed by atoms with Crippen molar-refractivity contribution in [3.05, 3.63) is 36.0 Å². The second-order valence-electron chi connectivity index (χ2n) is 4.97. The average Bonchev–Trinajstić information content (AvgIpc) is 2.48. The summed E-state index contributed by atoms with van der Waals surface area (Å²) >= 11 is 0. The first-order valence-electron chi connectivity index (χ1n) is 6.78. The van der Waals surface area contributed by atoms with Crippen LogP contribution in [0.15, 0.2) is 30.3 Å². The number of rotatable bonds is 2. The molecule has 1 aromatic carbocycles. The van der Waals surface area contributed by atoms with E-state index in [0.717, 1.165) is 23.7 Å². The van der Waals surface area contributed by atoms with Gasteiger partial charge in [0.05, 0.1) is 5.52 Å². The third-order valence-corrected chi connectivity index (χ3v) is 3.54. The van der Waals surface area contributed by atoms with E-state index in [2.05, 4.69) is 10.3 Å². The number of amides is 1. The Bertz CT molecular complexity index is 636. The molecule has 1 saturated heterocycles. The van der Waals surface area contributed by atoms with Gasteiger partial charge in [0.2, 0.25) is 0 Å². The SMILES string of the molecule is Nc1cc(C(=O)NC2CCOCC2)nc2ccccc12. The van der Waals surface area contributed by atoms with Crippen LogP contribution < -0.4 is 11.1 Å². The Kier molecular flexibility index (Phi) is 3.52. The summed E-state index contributed by atoms with van der Waals surface area (Å²) in [6, 6.07) is 9.34. The van der Waals surface area contributed by atoms with Crippen molar-refractivity contribution in [1.82, 2.24) is 10.3 Å². The van der Waals surface area contributed by atoms with Crippen molar-refractivity contribution >= 4 is 22.5 Å². The van der Waals surface area contributed by atoms with Gasteiger partial charge in [-0.2, -0.15) is 0 Å². The second-order valence-corrected chi connectivity index (χ2v) is 4.97. The largest absolute Gasteiger partial charge is 0.398 e. The van der Waals surface area contributed by atoms with Crippen LogP contribution in [0.1, 0.15) is 23.3 Å². The maximum Gasteiger partial charge on any atom is 0.270 e. The van der Waals surface area contributed by atoms with Crippen molar-refractivity contribution in [2.45, 2.75) is 18.9 Å². The van der Waals surface area contributed by atoms with Gasteiger partial charge in [-0.05, 0) is 25.0 Å². The smallest absolute Gasteiger partial charge is 0.270 e. The minimum absolute atomic E-state index is 0.158. The molecule has 0 aliphatic carbocycles. The van der Waals surface area contributed by atoms with Crippen LogP contribution in [0.2, 0.25) is 0 Å². The van der Waals surface area contributed by atoms with Crippen LogP contribution in [0.3, 0.4) is 0 Å². The maximum absolute atomic E-state index is 12.2. The number of para-hydroxylation sites is 1. The van der Waals surface area contributed by atoms with E-state index in [9.17, 15) is 4.79 Å². The zero-order valence-electron chi connectivity index (χ0n) is 11.1. The van der Waals surface area contributed by atoms with Gasteiger partial charge in [-0.25, -0.2) is 4.98 Å². The first kappa shape index (κ1) is 12.9. The fourth-order valence-electron chi connectivity index (χ4n) is 2.42. The van der Waals surface area contributed by atoms with Crippen molar-refractivity contribution in [3.8, 4) is 0 Å². The number of hydrogen-bond donors (Lipinski definition) is 2. The van der Waals surface area contributed by atoms with Crippen LogP contribution in [0.4, 0.5) is 5.69 Å². The number of hydrogen-bond acceptors (Lipinski definition) is 4. The van der Waals surface area contributed by atoms with Crippen molar-refractivity contribution in [1.29, 1.82) is 0 Å². The van der Waals surface area contributed by atoms with E-state index in [1.165, 1.54) is 0 Å². The average molecular weight is 271 g/mol. The maximum atomic E-state index is 12.2. The molecule has 2 heterocycles. The number of carbonyl (C=O) groups is 1. The molecule has 0 radical (unpaired) electrons. The highest BCUT2D eigenvalue weighted by Gasteiger charge is 2.18. The summed E-state index contributed by atoms with van der Waals surface area (Å²) in [5.74, 6) is -0.172. The number of nitrogens with two attached hydrogens (primary N) is 1. The monoisotopic (exact) mass is 271 g/mol. The Morgan fingerprint density at radius 3 is 2.85 bits per heavy atom. The molecule has 0 atom stereocenters. The van der Waals surface area contributed by atoms with E-state index >= 15 is 0 Å². The zero-order chi connectivity index (χ0) is 13.9. The van der Waals surface area contributed by atoms with E-state index in [4.69, 9.17) is 10.5 Å². The van der Waals surface area contributed by atoms with Crippen molar-refractivity contribution < 1.29 is 9.53 Å². The van der Waals surface area contributed by atoms with Gasteiger partial charge in [0.1, 0.15) is 5.69 Å². The molecule has 5 heteroatoms. The Hall–Kier alpha value is -2.14. The summed E-state index contributed by atoms with van der Waals surface area (Å²) in [5.41, 5.74) is 7.67. The predicted molar refractivity (Wildman–Crippen MR) is 77.5 cm³/mol. The van der Waals surface area contributed by atoms with Crippen molar-refractivity contribution in [2.24, 2.45) is 0 Å². The van der Waals surface area contributed by atoms with E-state index in [1.807, 2.05) is 24.3 Å². The highest BCUT2D eigenvalue weighted by molar-refractivity contribution is 5.99. The lowest BCUT2D eigenvalue weighted by Crippen LogP contribution is -2.39. The van der Waals surface area contributed by atoms with Crippen LogP contribution in [0.5, 0.6) is 0 Å². The molecule has 20 heavy (non-hydrogen) atoms. The minimum Gasteiger partial charge on any atom is -0.398 e. The Morgan fingerprint density at radius 1 is 1.30 bits per heavy atom. The van der Waals surface area contributed by atoms with Crippen LogP contribution in [0.25, 0.3) is 10.9 Å². The highest BCUT2D eigenvalue weighted by Crippen LogP contribution is 2.20. The quantitative estimate of drug-likeness (QED) is 0.872. The van der Waals surface area contributed by atoms with Gasteiger partial charge < -0.3 is 15.8 Å². The molecule has 3 rings (SSSR count). The Balaban J connectivity index is 1.84. The minimum atomic E-state index is -0.172. The number of carbonyl (C=O) groups excluding carboxylic acids is 1. The van der Waals surface area contributed by atoms with Gasteiger partial charge in [-0.1, -0.05) is 18.2 Å². The van der Waals surface area contributed by atoms with Crippen LogP contribution >= 0.6 is 0 Å². The summed E-state index contributed by atoms with van der Waals surface area (Å²) in [5, 5.41) is 3.86. The standard InChI is InChI=1S/C15H17N3O2/c16-12-9-14(18-13-4-2-1-3-11(12)13)15(19)17-10-5-7-20-8-6-10/h1-4,9-10H,5-8H2,(H2,16,18)(H,17,19). The molecule has 0 spiro atoms. The molecule has 5 nitrogen and oxygen atoms in total. The fourth-order valence-corrected chi connectivity index (χ4v) is 2.42. The van der Waals surface area contributed by atoms with Crippen LogP contribution in [-0.2, 0) is 4.74 Å². The van der Waals surface area contributed by atoms with E-state index in [0.29, 0.717) is 24.6 Å². The molecule has 0 saturated carbocycles. The molecule has 1 fully saturated rings. The third-order valence-electron chi connectivity index (χ3n) is 3.54. The lowest BCUT2D eigenvalue weighted by Gasteiger charge is -2.23. The van der Waals surface area contributed by atoms with Gasteiger partial charge in [-0.15, -0.1) is 0 Å². The molecule has 1 aliphatic heterocycles. The predicted octanol–water partition coefficient (Wildman–Crippen LogP) is 1.73. The van der Waals surface area contributed by atoms with Crippen molar-refractivity contribution in [2.75, 3.05) is 18.9 Å². The Morgan fingerprint density at radius 2 is 2.05 bits per heavy atom. The van der Waals surface area contributed by atoms with Crippen molar-refractivity contribution in [3.63, 3.8) is 0 Å². The van der Waals surface area contributed by atoms with E-state index in [1.54, 1.807) is 6.07 Å². The zero-order valence-corrected chi connectivity index (χ0v) is 11.1. The molecule has 3 N–H and O–H groups in total. The number of nitrogen functional groups attached to an aromatic ring is 1. The normalized spacial score (nSPS) is 16.2. The molecule has 0 bridgehead atoms. The molecule has 1 amide bonds. The third kappa shape index (κ3) is 2.58. The molecule has 2 aromatic rings. The summed E-state index contributed by atoms with van der Waals surface area (Å²) < 4.78 is 5.28. The fraction of sp³-hybridized carbons (Fsp3) is 0.333. The number of benzene rings is 1. The van der Waals surface area contributed by atoms with E-state index < -0.39 is 0 Å². The summed E-state index contributed by atoms with van der Waals surface area (Å²) in [6.07, 6.45) is 1.68. The lowest BCUT2D eigenvalue weighted by atomic mass is 10.1. The number of pyridine rings is 1. The molecule has 1 aromatic heterocycles. The topological polar surface area (TPSA) is 77.2 Å². The first-order chi connectivity index (χ1) is 9.74. The second kappa shape index (κ2) is 5.46. The summed E-state index contributed by atoms with van der Waals surface area (Å²) in [6.45, 7) is 1.39. The number of fused-ring (bicyclic) bond motifs is 1. The number of aromatic nitrogens is 1. The van der Waals surface area contributed by atoms with E-state index in [-0.39, 0.29) is 11.9 Å².